The second kappa shape index (κ2) is 10.8. The third kappa shape index (κ3) is 7.92. The highest BCUT2D eigenvalue weighted by Crippen LogP contribution is 2.07. The van der Waals surface area contributed by atoms with Crippen LogP contribution in [0.1, 0.15) is 41.5 Å². The second-order valence-corrected chi connectivity index (χ2v) is 7.31. The molecule has 0 radical (unpaired) electrons. The summed E-state index contributed by atoms with van der Waals surface area (Å²) in [5.74, 6) is -3.97. The van der Waals surface area contributed by atoms with Crippen LogP contribution < -0.4 is 21.7 Å². The van der Waals surface area contributed by atoms with Crippen LogP contribution >= 0.6 is 0 Å². The minimum Gasteiger partial charge on any atom is -0.480 e. The third-order valence-electron chi connectivity index (χ3n) is 3.95. The van der Waals surface area contributed by atoms with Gasteiger partial charge in [0, 0.05) is 0 Å². The standard InChI is InChI=1S/C17H32N4O6/c1-7(2)11(15(24)20-12(8(3)4)17(26)27)19-16(25)13(10(6)22)21-14(23)9(5)18/h7-13,22H,18H2,1-6H3,(H,19,25)(H,20,24)(H,21,23)(H,26,27). The Morgan fingerprint density at radius 1 is 0.704 bits per heavy atom. The monoisotopic (exact) mass is 388 g/mol. The van der Waals surface area contributed by atoms with Gasteiger partial charge < -0.3 is 31.9 Å². The van der Waals surface area contributed by atoms with Gasteiger partial charge in [0.15, 0.2) is 0 Å². The fourth-order valence-corrected chi connectivity index (χ4v) is 2.22. The van der Waals surface area contributed by atoms with Crippen molar-refractivity contribution in [1.82, 2.24) is 16.0 Å². The Hall–Kier alpha value is -2.20. The molecule has 0 aliphatic heterocycles. The minimum atomic E-state index is -1.31. The van der Waals surface area contributed by atoms with Crippen molar-refractivity contribution in [1.29, 1.82) is 0 Å². The van der Waals surface area contributed by atoms with Gasteiger partial charge in [0.25, 0.3) is 0 Å². The van der Waals surface area contributed by atoms with E-state index in [2.05, 4.69) is 16.0 Å². The Morgan fingerprint density at radius 2 is 1.07 bits per heavy atom. The van der Waals surface area contributed by atoms with E-state index in [1.54, 1.807) is 27.7 Å². The van der Waals surface area contributed by atoms with Crippen molar-refractivity contribution in [2.75, 3.05) is 0 Å². The first-order chi connectivity index (χ1) is 12.3. The topological polar surface area (TPSA) is 171 Å². The number of amides is 3. The van der Waals surface area contributed by atoms with Crippen molar-refractivity contribution in [2.45, 2.75) is 71.8 Å². The lowest BCUT2D eigenvalue weighted by Crippen LogP contribution is -2.60. The number of aliphatic carboxylic acids is 1. The lowest BCUT2D eigenvalue weighted by molar-refractivity contribution is -0.144. The van der Waals surface area contributed by atoms with E-state index in [0.29, 0.717) is 0 Å². The number of nitrogens with one attached hydrogen (secondary N) is 3. The van der Waals surface area contributed by atoms with Crippen molar-refractivity contribution in [3.63, 3.8) is 0 Å². The molecule has 5 unspecified atom stereocenters. The molecule has 0 rings (SSSR count). The van der Waals surface area contributed by atoms with Gasteiger partial charge >= 0.3 is 5.97 Å². The highest BCUT2D eigenvalue weighted by molar-refractivity contribution is 5.94. The number of carboxylic acids is 1. The second-order valence-electron chi connectivity index (χ2n) is 7.31. The van der Waals surface area contributed by atoms with Crippen molar-refractivity contribution >= 4 is 23.7 Å². The summed E-state index contributed by atoms with van der Waals surface area (Å²) in [5.41, 5.74) is 5.45. The first kappa shape index (κ1) is 24.8. The molecule has 7 N–H and O–H groups in total. The molecule has 156 valence electrons. The summed E-state index contributed by atoms with van der Waals surface area (Å²) in [5, 5.41) is 26.2. The smallest absolute Gasteiger partial charge is 0.326 e. The van der Waals surface area contributed by atoms with E-state index in [9.17, 15) is 29.4 Å². The van der Waals surface area contributed by atoms with Crippen LogP contribution in [0.5, 0.6) is 0 Å². The zero-order chi connectivity index (χ0) is 21.5. The molecule has 0 aromatic rings. The fourth-order valence-electron chi connectivity index (χ4n) is 2.22. The number of hydrogen-bond acceptors (Lipinski definition) is 6. The van der Waals surface area contributed by atoms with Crippen LogP contribution in [0.3, 0.4) is 0 Å². The number of carbonyl (C=O) groups is 4. The van der Waals surface area contributed by atoms with Crippen LogP contribution in [0.25, 0.3) is 0 Å². The van der Waals surface area contributed by atoms with Gasteiger partial charge in [-0.1, -0.05) is 27.7 Å². The summed E-state index contributed by atoms with van der Waals surface area (Å²) in [6.07, 6.45) is -1.23. The van der Waals surface area contributed by atoms with E-state index in [-0.39, 0.29) is 11.8 Å². The lowest BCUT2D eigenvalue weighted by atomic mass is 9.99. The van der Waals surface area contributed by atoms with E-state index in [1.807, 2.05) is 0 Å². The molecule has 0 saturated carbocycles. The number of nitrogens with two attached hydrogens (primary N) is 1. The molecule has 0 fully saturated rings. The Balaban J connectivity index is 5.30. The quantitative estimate of drug-likeness (QED) is 0.266. The highest BCUT2D eigenvalue weighted by atomic mass is 16.4. The normalized spacial score (nSPS) is 16.8. The molecule has 0 aliphatic rings. The Bertz CT molecular complexity index is 548. The van der Waals surface area contributed by atoms with Crippen molar-refractivity contribution in [3.8, 4) is 0 Å². The van der Waals surface area contributed by atoms with Crippen molar-refractivity contribution < 1.29 is 29.4 Å². The molecule has 0 spiro atoms. The molecule has 0 aliphatic carbocycles. The van der Waals surface area contributed by atoms with Gasteiger partial charge in [0.2, 0.25) is 17.7 Å². The van der Waals surface area contributed by atoms with Gasteiger partial charge in [-0.3, -0.25) is 14.4 Å². The predicted molar refractivity (Wildman–Crippen MR) is 98.4 cm³/mol. The molecular formula is C17H32N4O6. The van der Waals surface area contributed by atoms with Gasteiger partial charge in [-0.25, -0.2) is 4.79 Å². The summed E-state index contributed by atoms with van der Waals surface area (Å²) in [7, 11) is 0. The van der Waals surface area contributed by atoms with Crippen LogP contribution in [0, 0.1) is 11.8 Å². The molecule has 0 aromatic heterocycles. The SMILES string of the molecule is CC(N)C(=O)NC(C(=O)NC(C(=O)NC(C(=O)O)C(C)C)C(C)C)C(C)O. The fraction of sp³-hybridized carbons (Fsp3) is 0.765. The predicted octanol–water partition coefficient (Wildman–Crippen LogP) is -1.43. The molecule has 0 aromatic carbocycles. The largest absolute Gasteiger partial charge is 0.480 e. The van der Waals surface area contributed by atoms with Gasteiger partial charge in [-0.05, 0) is 25.7 Å². The van der Waals surface area contributed by atoms with E-state index in [1.165, 1.54) is 13.8 Å². The minimum absolute atomic E-state index is 0.356. The Morgan fingerprint density at radius 3 is 1.41 bits per heavy atom. The Labute approximate surface area is 159 Å². The van der Waals surface area contributed by atoms with Crippen LogP contribution in [0.4, 0.5) is 0 Å². The maximum Gasteiger partial charge on any atom is 0.326 e. The van der Waals surface area contributed by atoms with Gasteiger partial charge in [-0.15, -0.1) is 0 Å². The zero-order valence-corrected chi connectivity index (χ0v) is 16.6. The summed E-state index contributed by atoms with van der Waals surface area (Å²) in [6.45, 7) is 9.38. The van der Waals surface area contributed by atoms with Crippen LogP contribution in [0.2, 0.25) is 0 Å². The maximum atomic E-state index is 12.5. The van der Waals surface area contributed by atoms with E-state index in [4.69, 9.17) is 5.73 Å². The van der Waals surface area contributed by atoms with E-state index < -0.39 is 54.0 Å². The summed E-state index contributed by atoms with van der Waals surface area (Å²) >= 11 is 0. The van der Waals surface area contributed by atoms with Gasteiger partial charge in [0.05, 0.1) is 12.1 Å². The molecule has 5 atom stereocenters. The van der Waals surface area contributed by atoms with Crippen molar-refractivity contribution in [3.05, 3.63) is 0 Å². The molecule has 0 saturated heterocycles. The molecule has 3 amide bonds. The first-order valence-corrected chi connectivity index (χ1v) is 8.87. The number of aliphatic hydroxyl groups excluding tert-OH is 1. The zero-order valence-electron chi connectivity index (χ0n) is 16.6. The maximum absolute atomic E-state index is 12.5. The molecular weight excluding hydrogens is 356 g/mol. The number of carbonyl (C=O) groups excluding carboxylic acids is 3. The molecule has 0 heterocycles. The molecule has 10 heteroatoms. The number of rotatable bonds is 10. The number of carboxylic acid groups (broad SMARTS) is 1. The van der Waals surface area contributed by atoms with Gasteiger partial charge in [0.1, 0.15) is 18.1 Å². The van der Waals surface area contributed by atoms with Crippen LogP contribution in [0.15, 0.2) is 0 Å². The average molecular weight is 388 g/mol. The average Bonchev–Trinajstić information content (AvgIpc) is 2.52. The lowest BCUT2D eigenvalue weighted by Gasteiger charge is -2.28. The van der Waals surface area contributed by atoms with E-state index >= 15 is 0 Å². The van der Waals surface area contributed by atoms with Gasteiger partial charge in [-0.2, -0.15) is 0 Å². The van der Waals surface area contributed by atoms with Crippen molar-refractivity contribution in [2.24, 2.45) is 17.6 Å². The highest BCUT2D eigenvalue weighted by Gasteiger charge is 2.33. The van der Waals surface area contributed by atoms with Crippen LogP contribution in [-0.4, -0.2) is 64.2 Å². The Kier molecular flexibility index (Phi) is 9.95. The summed E-state index contributed by atoms with van der Waals surface area (Å²) in [6, 6.07) is -4.35. The summed E-state index contributed by atoms with van der Waals surface area (Å²) in [4.78, 5) is 48.0. The number of hydrogen-bond donors (Lipinski definition) is 6. The molecule has 0 bridgehead atoms. The van der Waals surface area contributed by atoms with Crippen LogP contribution in [-0.2, 0) is 19.2 Å². The summed E-state index contributed by atoms with van der Waals surface area (Å²) < 4.78 is 0. The number of aliphatic hydroxyl groups is 1. The molecule has 10 nitrogen and oxygen atoms in total. The first-order valence-electron chi connectivity index (χ1n) is 8.87. The third-order valence-corrected chi connectivity index (χ3v) is 3.95. The molecule has 27 heavy (non-hydrogen) atoms. The van der Waals surface area contributed by atoms with E-state index in [0.717, 1.165) is 0 Å².